The maximum atomic E-state index is 13.7. The summed E-state index contributed by atoms with van der Waals surface area (Å²) < 4.78 is 0. The predicted octanol–water partition coefficient (Wildman–Crippen LogP) is 5.68. The van der Waals surface area contributed by atoms with Crippen molar-refractivity contribution < 1.29 is 14.7 Å². The van der Waals surface area contributed by atoms with Crippen LogP contribution >= 0.6 is 0 Å². The van der Waals surface area contributed by atoms with E-state index < -0.39 is 5.60 Å². The number of fused-ring (bicyclic) bond motifs is 5. The first-order valence-electron chi connectivity index (χ1n) is 14.8. The van der Waals surface area contributed by atoms with E-state index >= 15 is 0 Å². The summed E-state index contributed by atoms with van der Waals surface area (Å²) in [7, 11) is 0. The van der Waals surface area contributed by atoms with Gasteiger partial charge in [0.1, 0.15) is 12.2 Å². The number of carbonyl (C=O) groups excluding carboxylic acids is 2. The van der Waals surface area contributed by atoms with Crippen LogP contribution in [0.25, 0.3) is 0 Å². The smallest absolute Gasteiger partial charge is 0.189 e. The average Bonchev–Trinajstić information content (AvgIpc) is 3.49. The van der Waals surface area contributed by atoms with Crippen LogP contribution in [0.3, 0.4) is 0 Å². The Morgan fingerprint density at radius 2 is 1.71 bits per heavy atom. The molecule has 0 radical (unpaired) electrons. The highest BCUT2D eigenvalue weighted by molar-refractivity contribution is 5.95. The van der Waals surface area contributed by atoms with Crippen molar-refractivity contribution >= 4 is 11.6 Å². The van der Waals surface area contributed by atoms with Gasteiger partial charge in [0.2, 0.25) is 0 Å². The molecule has 4 fully saturated rings. The van der Waals surface area contributed by atoms with Crippen LogP contribution in [0.4, 0.5) is 0 Å². The summed E-state index contributed by atoms with van der Waals surface area (Å²) in [5.41, 5.74) is 1.15. The van der Waals surface area contributed by atoms with E-state index in [4.69, 9.17) is 0 Å². The maximum Gasteiger partial charge on any atom is 0.189 e. The first-order valence-corrected chi connectivity index (χ1v) is 14.8. The molecule has 2 aromatic rings. The number of hydrogen-bond donors (Lipinski definition) is 1. The quantitative estimate of drug-likeness (QED) is 0.498. The van der Waals surface area contributed by atoms with Crippen molar-refractivity contribution in [3.05, 3.63) is 47.8 Å². The van der Waals surface area contributed by atoms with E-state index in [1.54, 1.807) is 0 Å². The van der Waals surface area contributed by atoms with Crippen molar-refractivity contribution in [3.8, 4) is 0 Å². The molecule has 1 heterocycles. The molecule has 6 heteroatoms. The fraction of sp³-hybridized carbons (Fsp3) is 0.688. The number of nitrogens with zero attached hydrogens (tertiary/aromatic N) is 3. The van der Waals surface area contributed by atoms with E-state index in [2.05, 4.69) is 24.0 Å². The fourth-order valence-corrected chi connectivity index (χ4v) is 9.58. The van der Waals surface area contributed by atoms with Gasteiger partial charge in [0.25, 0.3) is 0 Å². The van der Waals surface area contributed by atoms with Gasteiger partial charge in [-0.1, -0.05) is 44.2 Å². The van der Waals surface area contributed by atoms with E-state index in [1.807, 2.05) is 37.3 Å². The Balaban J connectivity index is 1.12. The highest BCUT2D eigenvalue weighted by Gasteiger charge is 2.61. The van der Waals surface area contributed by atoms with Gasteiger partial charge in [-0.3, -0.25) is 9.59 Å². The number of hydrogen-bond acceptors (Lipinski definition) is 5. The molecular weight excluding hydrogens is 474 g/mol. The third-order valence-corrected chi connectivity index (χ3v) is 11.7. The van der Waals surface area contributed by atoms with Crippen LogP contribution in [0.1, 0.15) is 94.6 Å². The summed E-state index contributed by atoms with van der Waals surface area (Å²) in [6, 6.07) is 9.65. The summed E-state index contributed by atoms with van der Waals surface area (Å²) in [5, 5.41) is 19.4. The summed E-state index contributed by atoms with van der Waals surface area (Å²) in [6.45, 7) is 7.08. The molecule has 4 aliphatic carbocycles. The van der Waals surface area contributed by atoms with E-state index in [1.165, 1.54) is 30.3 Å². The molecule has 204 valence electrons. The first kappa shape index (κ1) is 25.9. The van der Waals surface area contributed by atoms with Crippen molar-refractivity contribution in [1.29, 1.82) is 0 Å². The summed E-state index contributed by atoms with van der Waals surface area (Å²) >= 11 is 0. The highest BCUT2D eigenvalue weighted by Crippen LogP contribution is 2.68. The monoisotopic (exact) mass is 517 g/mol. The highest BCUT2D eigenvalue weighted by atomic mass is 16.3. The topological polar surface area (TPSA) is 85.1 Å². The molecule has 1 aromatic heterocycles. The minimum atomic E-state index is -0.502. The second kappa shape index (κ2) is 9.39. The van der Waals surface area contributed by atoms with Gasteiger partial charge in [0, 0.05) is 12.3 Å². The molecule has 8 atom stereocenters. The summed E-state index contributed by atoms with van der Waals surface area (Å²) in [6.07, 6.45) is 11.7. The largest absolute Gasteiger partial charge is 0.390 e. The second-order valence-corrected chi connectivity index (χ2v) is 13.8. The Bertz CT molecular complexity index is 1210. The number of aromatic nitrogens is 3. The lowest BCUT2D eigenvalue weighted by molar-refractivity contribution is -0.151. The number of benzene rings is 1. The lowest BCUT2D eigenvalue weighted by Crippen LogP contribution is -2.55. The average molecular weight is 518 g/mol. The SMILES string of the molecule is C[C@@]1(O)CC[C@@]2(C)[C@H](CC[C@@H]3[C@@H]2CC[C@]2(C)[C@@H](C(=O)Cn4ncc(C(=O)Cc5ccccc5)n4)CC[C@@H]32)C1. The van der Waals surface area contributed by atoms with Gasteiger partial charge in [-0.2, -0.15) is 9.90 Å². The fourth-order valence-electron chi connectivity index (χ4n) is 9.58. The normalized spacial score (nSPS) is 40.2. The number of Topliss-reactive ketones (excluding diaryl/α,β-unsaturated/α-hetero) is 2. The lowest BCUT2D eigenvalue weighted by Gasteiger charge is -2.61. The van der Waals surface area contributed by atoms with E-state index in [0.29, 0.717) is 28.9 Å². The zero-order chi connectivity index (χ0) is 26.7. The number of rotatable bonds is 6. The van der Waals surface area contributed by atoms with Gasteiger partial charge in [-0.25, -0.2) is 0 Å². The zero-order valence-corrected chi connectivity index (χ0v) is 23.2. The van der Waals surface area contributed by atoms with Crippen LogP contribution in [-0.4, -0.2) is 37.3 Å². The van der Waals surface area contributed by atoms with Crippen LogP contribution in [0, 0.1) is 40.4 Å². The van der Waals surface area contributed by atoms with E-state index in [0.717, 1.165) is 50.0 Å². The third kappa shape index (κ3) is 4.37. The molecule has 4 aliphatic rings. The molecule has 0 spiro atoms. The van der Waals surface area contributed by atoms with Crippen molar-refractivity contribution in [2.75, 3.05) is 0 Å². The molecule has 38 heavy (non-hydrogen) atoms. The second-order valence-electron chi connectivity index (χ2n) is 13.8. The van der Waals surface area contributed by atoms with Crippen molar-refractivity contribution in [2.45, 2.75) is 97.1 Å². The van der Waals surface area contributed by atoms with Crippen LogP contribution in [0.15, 0.2) is 36.5 Å². The molecule has 1 N–H and O–H groups in total. The predicted molar refractivity (Wildman–Crippen MR) is 145 cm³/mol. The van der Waals surface area contributed by atoms with Crippen LogP contribution in [0.2, 0.25) is 0 Å². The van der Waals surface area contributed by atoms with Gasteiger partial charge in [-0.05, 0) is 105 Å². The number of ketones is 2. The Hall–Kier alpha value is -2.34. The van der Waals surface area contributed by atoms with E-state index in [-0.39, 0.29) is 35.9 Å². The lowest BCUT2D eigenvalue weighted by atomic mass is 9.44. The van der Waals surface area contributed by atoms with Crippen molar-refractivity contribution in [3.63, 3.8) is 0 Å². The van der Waals surface area contributed by atoms with Gasteiger partial charge >= 0.3 is 0 Å². The maximum absolute atomic E-state index is 13.7. The van der Waals surface area contributed by atoms with Crippen LogP contribution in [0.5, 0.6) is 0 Å². The molecule has 1 aromatic carbocycles. The molecule has 0 unspecified atom stereocenters. The minimum Gasteiger partial charge on any atom is -0.390 e. The number of carbonyl (C=O) groups is 2. The van der Waals surface area contributed by atoms with Crippen LogP contribution in [-0.2, 0) is 17.8 Å². The Labute approximate surface area is 226 Å². The first-order chi connectivity index (χ1) is 18.1. The molecule has 0 amide bonds. The number of aliphatic hydroxyl groups is 1. The van der Waals surface area contributed by atoms with Crippen LogP contribution < -0.4 is 0 Å². The summed E-state index contributed by atoms with van der Waals surface area (Å²) in [5.74, 6) is 2.83. The van der Waals surface area contributed by atoms with Gasteiger partial charge in [0.15, 0.2) is 11.6 Å². The Kier molecular flexibility index (Phi) is 6.40. The Morgan fingerprint density at radius 3 is 2.50 bits per heavy atom. The standard InChI is InChI=1S/C32H43N3O3/c1-30(38)15-16-31(2)22(18-30)9-10-23-24-11-12-26(32(24,3)14-13-25(23)31)29(37)20-35-33-19-27(34-35)28(36)17-21-7-5-4-6-8-21/h4-8,19,22-26,38H,9-18,20H2,1-3H3/t22-,23+,24+,25+,26-,30-,31+,32+/m1/s1. The minimum absolute atomic E-state index is 0.0422. The molecule has 0 aliphatic heterocycles. The van der Waals surface area contributed by atoms with Gasteiger partial charge < -0.3 is 5.11 Å². The molecule has 6 rings (SSSR count). The zero-order valence-electron chi connectivity index (χ0n) is 23.2. The van der Waals surface area contributed by atoms with Crippen molar-refractivity contribution in [1.82, 2.24) is 15.0 Å². The van der Waals surface area contributed by atoms with E-state index in [9.17, 15) is 14.7 Å². The van der Waals surface area contributed by atoms with Crippen molar-refractivity contribution in [2.24, 2.45) is 40.4 Å². The summed E-state index contributed by atoms with van der Waals surface area (Å²) in [4.78, 5) is 27.8. The third-order valence-electron chi connectivity index (χ3n) is 11.7. The molecular formula is C32H43N3O3. The molecule has 4 saturated carbocycles. The Morgan fingerprint density at radius 1 is 0.947 bits per heavy atom. The molecule has 6 nitrogen and oxygen atoms in total. The van der Waals surface area contributed by atoms with Gasteiger partial charge in [-0.15, -0.1) is 5.10 Å². The molecule has 0 saturated heterocycles. The van der Waals surface area contributed by atoms with Gasteiger partial charge in [0.05, 0.1) is 11.8 Å². The molecule has 0 bridgehead atoms.